The summed E-state index contributed by atoms with van der Waals surface area (Å²) >= 11 is 0. The molecule has 1 fully saturated rings. The third kappa shape index (κ3) is 3.20. The second kappa shape index (κ2) is 7.09. The summed E-state index contributed by atoms with van der Waals surface area (Å²) in [6.45, 7) is 4.22. The van der Waals surface area contributed by atoms with Crippen molar-refractivity contribution in [2.24, 2.45) is 0 Å². The molecular weight excluding hydrogens is 326 g/mol. The highest BCUT2D eigenvalue weighted by atomic mass is 16.3. The van der Waals surface area contributed by atoms with Gasteiger partial charge < -0.3 is 19.9 Å². The van der Waals surface area contributed by atoms with Crippen LogP contribution in [0.3, 0.4) is 0 Å². The van der Waals surface area contributed by atoms with Crippen LogP contribution in [0.2, 0.25) is 0 Å². The number of likely N-dealkylation sites (tertiary alicyclic amines) is 1. The molecule has 4 rings (SSSR count). The highest BCUT2D eigenvalue weighted by Crippen LogP contribution is 2.28. The van der Waals surface area contributed by atoms with Crippen LogP contribution in [0, 0.1) is 0 Å². The predicted molar refractivity (Wildman–Crippen MR) is 104 cm³/mol. The Balaban J connectivity index is 1.47. The van der Waals surface area contributed by atoms with Crippen LogP contribution in [0.4, 0.5) is 0 Å². The van der Waals surface area contributed by atoms with Crippen LogP contribution >= 0.6 is 0 Å². The summed E-state index contributed by atoms with van der Waals surface area (Å²) in [5, 5.41) is 16.5. The van der Waals surface area contributed by atoms with Gasteiger partial charge in [0, 0.05) is 54.4 Å². The predicted octanol–water partition coefficient (Wildman–Crippen LogP) is 2.37. The third-order valence-electron chi connectivity index (χ3n) is 5.35. The molecule has 1 aliphatic rings. The van der Waals surface area contributed by atoms with Crippen molar-refractivity contribution < 1.29 is 9.90 Å². The van der Waals surface area contributed by atoms with Gasteiger partial charge in [-0.2, -0.15) is 0 Å². The molecule has 0 saturated carbocycles. The summed E-state index contributed by atoms with van der Waals surface area (Å²) in [4.78, 5) is 13.3. The van der Waals surface area contributed by atoms with E-state index in [1.165, 1.54) is 10.8 Å². The molecule has 1 saturated heterocycles. The fraction of sp³-hybridized carbons (Fsp3) is 0.381. The topological polar surface area (TPSA) is 57.5 Å². The third-order valence-corrected chi connectivity index (χ3v) is 5.35. The van der Waals surface area contributed by atoms with Gasteiger partial charge in [0.15, 0.2) is 0 Å². The summed E-state index contributed by atoms with van der Waals surface area (Å²) in [5.41, 5.74) is 2.30. The number of carbonyl (C=O) groups is 1. The molecule has 26 heavy (non-hydrogen) atoms. The largest absolute Gasteiger partial charge is 0.390 e. The number of aliphatic hydroxyl groups excluding tert-OH is 1. The number of carbonyl (C=O) groups excluding carboxylic acids is 1. The molecule has 2 heterocycles. The van der Waals surface area contributed by atoms with Crippen molar-refractivity contribution in [3.05, 3.63) is 48.5 Å². The zero-order valence-corrected chi connectivity index (χ0v) is 15.1. The molecule has 0 bridgehead atoms. The minimum Gasteiger partial charge on any atom is -0.390 e. The lowest BCUT2D eigenvalue weighted by molar-refractivity contribution is -0.127. The first-order valence-electron chi connectivity index (χ1n) is 9.26. The lowest BCUT2D eigenvalue weighted by Gasteiger charge is -2.18. The molecule has 5 heteroatoms. The maximum absolute atomic E-state index is 11.4. The zero-order valence-electron chi connectivity index (χ0n) is 15.1. The van der Waals surface area contributed by atoms with E-state index in [1.807, 2.05) is 17.0 Å². The Morgan fingerprint density at radius 2 is 1.77 bits per heavy atom. The first-order valence-corrected chi connectivity index (χ1v) is 9.26. The minimum absolute atomic E-state index is 0.125. The monoisotopic (exact) mass is 351 g/mol. The summed E-state index contributed by atoms with van der Waals surface area (Å²) in [6, 6.07) is 16.9. The van der Waals surface area contributed by atoms with Crippen LogP contribution in [0.15, 0.2) is 48.5 Å². The number of amides is 1. The smallest absolute Gasteiger partial charge is 0.219 e. The quantitative estimate of drug-likeness (QED) is 0.742. The van der Waals surface area contributed by atoms with E-state index >= 15 is 0 Å². The van der Waals surface area contributed by atoms with Crippen molar-refractivity contribution in [2.45, 2.75) is 32.0 Å². The van der Waals surface area contributed by atoms with Crippen LogP contribution in [0.25, 0.3) is 21.8 Å². The molecule has 3 aromatic rings. The molecular formula is C21H25N3O2. The summed E-state index contributed by atoms with van der Waals surface area (Å²) < 4.78 is 2.20. The Kier molecular flexibility index (Phi) is 4.66. The molecule has 2 atom stereocenters. The van der Waals surface area contributed by atoms with Gasteiger partial charge in [-0.05, 0) is 18.6 Å². The molecule has 2 N–H and O–H groups in total. The number of hydrogen-bond donors (Lipinski definition) is 2. The van der Waals surface area contributed by atoms with E-state index in [0.29, 0.717) is 13.1 Å². The van der Waals surface area contributed by atoms with E-state index in [1.54, 1.807) is 6.92 Å². The molecule has 1 amide bonds. The van der Waals surface area contributed by atoms with Crippen molar-refractivity contribution in [1.29, 1.82) is 0 Å². The minimum atomic E-state index is -0.486. The van der Waals surface area contributed by atoms with Crippen molar-refractivity contribution >= 4 is 27.7 Å². The Labute approximate surface area is 153 Å². The van der Waals surface area contributed by atoms with Crippen molar-refractivity contribution in [3.8, 4) is 0 Å². The van der Waals surface area contributed by atoms with Gasteiger partial charge in [-0.1, -0.05) is 36.4 Å². The fourth-order valence-electron chi connectivity index (χ4n) is 3.99. The van der Waals surface area contributed by atoms with Crippen molar-refractivity contribution in [3.63, 3.8) is 0 Å². The molecule has 136 valence electrons. The van der Waals surface area contributed by atoms with Gasteiger partial charge in [-0.25, -0.2) is 0 Å². The number of fused-ring (bicyclic) bond motifs is 3. The Bertz CT molecular complexity index is 880. The van der Waals surface area contributed by atoms with Gasteiger partial charge in [-0.3, -0.25) is 4.79 Å². The number of nitrogens with one attached hydrogen (secondary N) is 1. The van der Waals surface area contributed by atoms with E-state index in [-0.39, 0.29) is 11.9 Å². The number of rotatable bonds is 5. The van der Waals surface area contributed by atoms with E-state index in [0.717, 1.165) is 30.5 Å². The molecule has 5 nitrogen and oxygen atoms in total. The normalized spacial score (nSPS) is 18.7. The van der Waals surface area contributed by atoms with E-state index < -0.39 is 6.10 Å². The molecule has 2 aromatic carbocycles. The number of para-hydroxylation sites is 2. The van der Waals surface area contributed by atoms with Crippen LogP contribution < -0.4 is 5.32 Å². The molecule has 0 aliphatic carbocycles. The van der Waals surface area contributed by atoms with Crippen LogP contribution in [-0.2, 0) is 11.3 Å². The van der Waals surface area contributed by atoms with Gasteiger partial charge in [-0.15, -0.1) is 0 Å². The Morgan fingerprint density at radius 1 is 1.15 bits per heavy atom. The van der Waals surface area contributed by atoms with Gasteiger partial charge >= 0.3 is 0 Å². The molecule has 0 radical (unpaired) electrons. The first kappa shape index (κ1) is 17.1. The van der Waals surface area contributed by atoms with Gasteiger partial charge in [0.2, 0.25) is 5.91 Å². The average Bonchev–Trinajstić information content (AvgIpc) is 3.25. The summed E-state index contributed by atoms with van der Waals surface area (Å²) in [5.74, 6) is 0.125. The lowest BCUT2D eigenvalue weighted by atomic mass is 10.2. The Hall–Kier alpha value is -2.37. The average molecular weight is 351 g/mol. The highest BCUT2D eigenvalue weighted by Gasteiger charge is 2.24. The maximum atomic E-state index is 11.4. The second-order valence-electron chi connectivity index (χ2n) is 7.16. The number of benzene rings is 2. The summed E-state index contributed by atoms with van der Waals surface area (Å²) in [7, 11) is 0. The van der Waals surface area contributed by atoms with Crippen LogP contribution in [-0.4, -0.2) is 52.3 Å². The second-order valence-corrected chi connectivity index (χ2v) is 7.16. The van der Waals surface area contributed by atoms with Gasteiger partial charge in [0.1, 0.15) is 0 Å². The number of hydrogen-bond acceptors (Lipinski definition) is 3. The standard InChI is InChI=1S/C21H25N3O2/c1-15(25)23-11-10-16(13-23)22-12-17(26)14-24-20-8-4-2-6-18(20)19-7-3-5-9-21(19)24/h2-9,16-17,22,26H,10-14H2,1H3/t16-,17?/m1/s1. The number of aliphatic hydroxyl groups is 1. The zero-order chi connectivity index (χ0) is 18.1. The fourth-order valence-corrected chi connectivity index (χ4v) is 3.99. The van der Waals surface area contributed by atoms with E-state index in [2.05, 4.69) is 46.3 Å². The molecule has 0 spiro atoms. The van der Waals surface area contributed by atoms with Crippen molar-refractivity contribution in [1.82, 2.24) is 14.8 Å². The van der Waals surface area contributed by atoms with E-state index in [4.69, 9.17) is 0 Å². The number of nitrogens with zero attached hydrogens (tertiary/aromatic N) is 2. The highest BCUT2D eigenvalue weighted by molar-refractivity contribution is 6.07. The molecule has 1 aromatic heterocycles. The lowest BCUT2D eigenvalue weighted by Crippen LogP contribution is -2.39. The summed E-state index contributed by atoms with van der Waals surface area (Å²) in [6.07, 6.45) is 0.461. The first-order chi connectivity index (χ1) is 12.6. The SMILES string of the molecule is CC(=O)N1CC[C@@H](NCC(O)Cn2c3ccccc3c3ccccc32)C1. The van der Waals surface area contributed by atoms with Gasteiger partial charge in [0.05, 0.1) is 12.6 Å². The van der Waals surface area contributed by atoms with Crippen LogP contribution in [0.1, 0.15) is 13.3 Å². The van der Waals surface area contributed by atoms with Crippen molar-refractivity contribution in [2.75, 3.05) is 19.6 Å². The maximum Gasteiger partial charge on any atom is 0.219 e. The van der Waals surface area contributed by atoms with Gasteiger partial charge in [0.25, 0.3) is 0 Å². The number of aromatic nitrogens is 1. The molecule has 1 unspecified atom stereocenters. The van der Waals surface area contributed by atoms with Crippen LogP contribution in [0.5, 0.6) is 0 Å². The Morgan fingerprint density at radius 3 is 2.35 bits per heavy atom. The molecule has 1 aliphatic heterocycles. The van der Waals surface area contributed by atoms with E-state index in [9.17, 15) is 9.90 Å².